The van der Waals surface area contributed by atoms with Gasteiger partial charge in [0.1, 0.15) is 5.82 Å². The SMILES string of the molecule is CO[C@@H]1C[C@@H](CO)N(Cc2nccn2C(C)C)C1. The first-order valence-electron chi connectivity index (χ1n) is 6.55. The van der Waals surface area contributed by atoms with Gasteiger partial charge in [0.2, 0.25) is 0 Å². The monoisotopic (exact) mass is 253 g/mol. The number of likely N-dealkylation sites (tertiary alicyclic amines) is 1. The molecule has 0 amide bonds. The number of hydrogen-bond acceptors (Lipinski definition) is 4. The zero-order valence-corrected chi connectivity index (χ0v) is 11.4. The number of ether oxygens (including phenoxy) is 1. The average molecular weight is 253 g/mol. The van der Waals surface area contributed by atoms with Gasteiger partial charge in [-0.15, -0.1) is 0 Å². The Kier molecular flexibility index (Phi) is 4.37. The van der Waals surface area contributed by atoms with Crippen LogP contribution in [0.2, 0.25) is 0 Å². The number of aromatic nitrogens is 2. The van der Waals surface area contributed by atoms with Crippen molar-refractivity contribution in [3.05, 3.63) is 18.2 Å². The van der Waals surface area contributed by atoms with Crippen molar-refractivity contribution in [3.8, 4) is 0 Å². The van der Waals surface area contributed by atoms with E-state index in [9.17, 15) is 5.11 Å². The second-order valence-corrected chi connectivity index (χ2v) is 5.20. The number of aliphatic hydroxyl groups excluding tert-OH is 1. The molecule has 18 heavy (non-hydrogen) atoms. The van der Waals surface area contributed by atoms with Gasteiger partial charge in [0.05, 0.1) is 19.3 Å². The van der Waals surface area contributed by atoms with Crippen LogP contribution in [0.5, 0.6) is 0 Å². The molecule has 2 rings (SSSR count). The number of imidazole rings is 1. The third-order valence-electron chi connectivity index (χ3n) is 3.68. The Labute approximate surface area is 108 Å². The fourth-order valence-corrected chi connectivity index (χ4v) is 2.61. The van der Waals surface area contributed by atoms with Crippen molar-refractivity contribution in [3.63, 3.8) is 0 Å². The summed E-state index contributed by atoms with van der Waals surface area (Å²) >= 11 is 0. The van der Waals surface area contributed by atoms with Gasteiger partial charge in [-0.25, -0.2) is 4.98 Å². The lowest BCUT2D eigenvalue weighted by atomic mass is 10.2. The molecule has 1 saturated heterocycles. The van der Waals surface area contributed by atoms with E-state index < -0.39 is 0 Å². The lowest BCUT2D eigenvalue weighted by Crippen LogP contribution is -2.33. The first-order chi connectivity index (χ1) is 8.65. The third-order valence-corrected chi connectivity index (χ3v) is 3.68. The number of methoxy groups -OCH3 is 1. The molecule has 1 aromatic heterocycles. The Balaban J connectivity index is 2.06. The Morgan fingerprint density at radius 3 is 2.94 bits per heavy atom. The van der Waals surface area contributed by atoms with E-state index in [1.165, 1.54) is 0 Å². The Bertz CT molecular complexity index is 378. The number of aliphatic hydroxyl groups is 1. The topological polar surface area (TPSA) is 50.5 Å². The van der Waals surface area contributed by atoms with Crippen molar-refractivity contribution in [2.45, 2.75) is 45.0 Å². The van der Waals surface area contributed by atoms with Crippen LogP contribution < -0.4 is 0 Å². The lowest BCUT2D eigenvalue weighted by Gasteiger charge is -2.23. The minimum atomic E-state index is 0.183. The van der Waals surface area contributed by atoms with Gasteiger partial charge in [-0.05, 0) is 20.3 Å². The summed E-state index contributed by atoms with van der Waals surface area (Å²) < 4.78 is 7.57. The van der Waals surface area contributed by atoms with Crippen molar-refractivity contribution < 1.29 is 9.84 Å². The average Bonchev–Trinajstić information content (AvgIpc) is 2.95. The highest BCUT2D eigenvalue weighted by molar-refractivity contribution is 4.97. The molecule has 1 fully saturated rings. The Hall–Kier alpha value is -0.910. The highest BCUT2D eigenvalue weighted by atomic mass is 16.5. The molecule has 2 atom stereocenters. The second-order valence-electron chi connectivity index (χ2n) is 5.20. The summed E-state index contributed by atoms with van der Waals surface area (Å²) in [4.78, 5) is 6.68. The van der Waals surface area contributed by atoms with Crippen molar-refractivity contribution in [2.75, 3.05) is 20.3 Å². The molecule has 5 heteroatoms. The van der Waals surface area contributed by atoms with Gasteiger partial charge >= 0.3 is 0 Å². The van der Waals surface area contributed by atoms with Crippen molar-refractivity contribution in [2.24, 2.45) is 0 Å². The van der Waals surface area contributed by atoms with E-state index in [-0.39, 0.29) is 18.8 Å². The van der Waals surface area contributed by atoms with E-state index in [1.807, 2.05) is 12.4 Å². The maximum atomic E-state index is 9.43. The third kappa shape index (κ3) is 2.74. The maximum absolute atomic E-state index is 9.43. The molecule has 2 heterocycles. The normalized spacial score (nSPS) is 25.2. The van der Waals surface area contributed by atoms with Crippen LogP contribution in [0.15, 0.2) is 12.4 Å². The lowest BCUT2D eigenvalue weighted by molar-refractivity contribution is 0.106. The molecule has 0 radical (unpaired) electrons. The predicted molar refractivity (Wildman–Crippen MR) is 69.3 cm³/mol. The molecule has 0 bridgehead atoms. The number of rotatable bonds is 5. The van der Waals surface area contributed by atoms with Gasteiger partial charge < -0.3 is 14.4 Å². The smallest absolute Gasteiger partial charge is 0.123 e. The van der Waals surface area contributed by atoms with Crippen LogP contribution in [0.4, 0.5) is 0 Å². The summed E-state index contributed by atoms with van der Waals surface area (Å²) in [5, 5.41) is 9.43. The zero-order chi connectivity index (χ0) is 13.1. The molecule has 0 unspecified atom stereocenters. The van der Waals surface area contributed by atoms with E-state index >= 15 is 0 Å². The Morgan fingerprint density at radius 2 is 2.33 bits per heavy atom. The summed E-state index contributed by atoms with van der Waals surface area (Å²) in [6, 6.07) is 0.600. The molecular formula is C13H23N3O2. The van der Waals surface area contributed by atoms with Crippen LogP contribution in [-0.2, 0) is 11.3 Å². The summed E-state index contributed by atoms with van der Waals surface area (Å²) in [5.41, 5.74) is 0. The van der Waals surface area contributed by atoms with Crippen molar-refractivity contribution in [1.29, 1.82) is 0 Å². The second kappa shape index (κ2) is 5.82. The molecular weight excluding hydrogens is 230 g/mol. The van der Waals surface area contributed by atoms with E-state index in [4.69, 9.17) is 4.74 Å². The van der Waals surface area contributed by atoms with Crippen LogP contribution in [0.25, 0.3) is 0 Å². The summed E-state index contributed by atoms with van der Waals surface area (Å²) in [6.45, 7) is 6.12. The van der Waals surface area contributed by atoms with Crippen LogP contribution in [0, 0.1) is 0 Å². The maximum Gasteiger partial charge on any atom is 0.123 e. The molecule has 0 aromatic carbocycles. The molecule has 0 aliphatic carbocycles. The number of nitrogens with zero attached hydrogens (tertiary/aromatic N) is 3. The molecule has 0 spiro atoms. The standard InChI is InChI=1S/C13H23N3O2/c1-10(2)16-5-4-14-13(16)8-15-7-12(18-3)6-11(15)9-17/h4-5,10-12,17H,6-9H2,1-3H3/t11-,12+/m0/s1. The van der Waals surface area contributed by atoms with Crippen LogP contribution >= 0.6 is 0 Å². The van der Waals surface area contributed by atoms with Crippen molar-refractivity contribution >= 4 is 0 Å². The molecule has 1 aliphatic rings. The minimum absolute atomic E-state index is 0.183. The van der Waals surface area contributed by atoms with Gasteiger partial charge in [0.25, 0.3) is 0 Å². The fourth-order valence-electron chi connectivity index (χ4n) is 2.61. The summed E-state index contributed by atoms with van der Waals surface area (Å²) in [6.07, 6.45) is 4.98. The van der Waals surface area contributed by atoms with E-state index in [0.717, 1.165) is 25.3 Å². The fraction of sp³-hybridized carbons (Fsp3) is 0.769. The molecule has 5 nitrogen and oxygen atoms in total. The van der Waals surface area contributed by atoms with Gasteiger partial charge in [-0.3, -0.25) is 4.90 Å². The zero-order valence-electron chi connectivity index (χ0n) is 11.4. The first kappa shape index (κ1) is 13.5. The quantitative estimate of drug-likeness (QED) is 0.852. The van der Waals surface area contributed by atoms with Gasteiger partial charge in [0, 0.05) is 38.1 Å². The summed E-state index contributed by atoms with van der Waals surface area (Å²) in [7, 11) is 1.73. The first-order valence-corrected chi connectivity index (χ1v) is 6.55. The van der Waals surface area contributed by atoms with Crippen molar-refractivity contribution in [1.82, 2.24) is 14.5 Å². The molecule has 1 aromatic rings. The van der Waals surface area contributed by atoms with Crippen LogP contribution in [-0.4, -0.2) is 52.0 Å². The van der Waals surface area contributed by atoms with Gasteiger partial charge in [0.15, 0.2) is 0 Å². The molecule has 0 saturated carbocycles. The highest BCUT2D eigenvalue weighted by Crippen LogP contribution is 2.22. The number of hydrogen-bond donors (Lipinski definition) is 1. The predicted octanol–water partition coefficient (Wildman–Crippen LogP) is 1.05. The van der Waals surface area contributed by atoms with E-state index in [2.05, 4.69) is 28.3 Å². The Morgan fingerprint density at radius 1 is 1.56 bits per heavy atom. The van der Waals surface area contributed by atoms with Gasteiger partial charge in [-0.2, -0.15) is 0 Å². The van der Waals surface area contributed by atoms with Crippen LogP contribution in [0.3, 0.4) is 0 Å². The van der Waals surface area contributed by atoms with E-state index in [0.29, 0.717) is 6.04 Å². The summed E-state index contributed by atoms with van der Waals surface area (Å²) in [5.74, 6) is 1.06. The largest absolute Gasteiger partial charge is 0.395 e. The molecule has 1 aliphatic heterocycles. The highest BCUT2D eigenvalue weighted by Gasteiger charge is 2.32. The minimum Gasteiger partial charge on any atom is -0.395 e. The molecule has 1 N–H and O–H groups in total. The van der Waals surface area contributed by atoms with E-state index in [1.54, 1.807) is 7.11 Å². The van der Waals surface area contributed by atoms with Crippen LogP contribution in [0.1, 0.15) is 32.1 Å². The molecule has 102 valence electrons. The van der Waals surface area contributed by atoms with Gasteiger partial charge in [-0.1, -0.05) is 0 Å².